The van der Waals surface area contributed by atoms with Crippen molar-refractivity contribution in [2.75, 3.05) is 4.72 Å². The maximum atomic E-state index is 12.8. The predicted molar refractivity (Wildman–Crippen MR) is 95.8 cm³/mol. The Hall–Kier alpha value is -1.92. The van der Waals surface area contributed by atoms with E-state index in [0.29, 0.717) is 10.0 Å². The molecule has 3 aromatic rings. The van der Waals surface area contributed by atoms with Crippen LogP contribution in [0.5, 0.6) is 0 Å². The van der Waals surface area contributed by atoms with Crippen LogP contribution in [0.25, 0.3) is 10.2 Å². The number of benzene rings is 2. The van der Waals surface area contributed by atoms with Crippen molar-refractivity contribution < 1.29 is 8.42 Å². The minimum absolute atomic E-state index is 0.332. The lowest BCUT2D eigenvalue weighted by Gasteiger charge is -2.12. The second kappa shape index (κ2) is 5.62. The maximum absolute atomic E-state index is 12.8. The summed E-state index contributed by atoms with van der Waals surface area (Å²) in [5, 5.41) is 0.397. The first kappa shape index (κ1) is 16.0. The number of anilines is 1. The molecule has 0 aliphatic rings. The highest BCUT2D eigenvalue weighted by Crippen LogP contribution is 2.30. The molecule has 1 heterocycles. The molecule has 0 aliphatic carbocycles. The van der Waals surface area contributed by atoms with Crippen LogP contribution in [-0.2, 0) is 10.0 Å². The molecule has 1 aromatic heterocycles. The Morgan fingerprint density at radius 2 is 1.65 bits per heavy atom. The lowest BCUT2D eigenvalue weighted by Crippen LogP contribution is -2.15. The number of para-hydroxylation sites is 1. The fraction of sp³-hybridized carbons (Fsp3) is 0.235. The first-order chi connectivity index (χ1) is 10.8. The van der Waals surface area contributed by atoms with Crippen molar-refractivity contribution in [1.82, 2.24) is 4.98 Å². The summed E-state index contributed by atoms with van der Waals surface area (Å²) in [4.78, 5) is 4.76. The highest BCUT2D eigenvalue weighted by Gasteiger charge is 2.21. The van der Waals surface area contributed by atoms with E-state index in [1.54, 1.807) is 0 Å². The topological polar surface area (TPSA) is 59.1 Å². The number of aromatic nitrogens is 1. The van der Waals surface area contributed by atoms with Crippen LogP contribution in [-0.4, -0.2) is 13.4 Å². The first-order valence-corrected chi connectivity index (χ1v) is 9.55. The van der Waals surface area contributed by atoms with Gasteiger partial charge in [0.25, 0.3) is 10.0 Å². The molecule has 0 fully saturated rings. The zero-order valence-electron chi connectivity index (χ0n) is 13.5. The van der Waals surface area contributed by atoms with Gasteiger partial charge in [-0.1, -0.05) is 41.2 Å². The summed E-state index contributed by atoms with van der Waals surface area (Å²) in [5.74, 6) is 0. The third kappa shape index (κ3) is 2.96. The number of hydrogen-bond acceptors (Lipinski definition) is 4. The second-order valence-corrected chi connectivity index (χ2v) is 8.42. The molecule has 0 spiro atoms. The van der Waals surface area contributed by atoms with Gasteiger partial charge in [-0.2, -0.15) is 0 Å². The van der Waals surface area contributed by atoms with Gasteiger partial charge in [-0.3, -0.25) is 4.72 Å². The van der Waals surface area contributed by atoms with Crippen LogP contribution in [0.2, 0.25) is 0 Å². The quantitative estimate of drug-likeness (QED) is 0.768. The Balaban J connectivity index is 2.05. The van der Waals surface area contributed by atoms with Gasteiger partial charge in [-0.15, -0.1) is 0 Å². The third-order valence-corrected chi connectivity index (χ3v) is 6.42. The number of nitrogens with one attached hydrogen (secondary N) is 1. The predicted octanol–water partition coefficient (Wildman–Crippen LogP) is 4.33. The second-order valence-electron chi connectivity index (χ2n) is 5.77. The summed E-state index contributed by atoms with van der Waals surface area (Å²) in [5.41, 5.74) is 4.41. The van der Waals surface area contributed by atoms with Crippen molar-refractivity contribution in [2.24, 2.45) is 0 Å². The molecule has 0 unspecified atom stereocenters. The van der Waals surface area contributed by atoms with Crippen LogP contribution in [0, 0.1) is 27.7 Å². The summed E-state index contributed by atoms with van der Waals surface area (Å²) in [6.07, 6.45) is 0. The molecular weight excluding hydrogens is 328 g/mol. The summed E-state index contributed by atoms with van der Waals surface area (Å²) >= 11 is 1.35. The normalized spacial score (nSPS) is 11.8. The highest BCUT2D eigenvalue weighted by molar-refractivity contribution is 7.93. The highest BCUT2D eigenvalue weighted by atomic mass is 32.2. The first-order valence-electron chi connectivity index (χ1n) is 7.25. The molecule has 0 amide bonds. The average Bonchev–Trinajstić information content (AvgIpc) is 2.79. The minimum Gasteiger partial charge on any atom is -0.255 e. The summed E-state index contributed by atoms with van der Waals surface area (Å²) < 4.78 is 29.1. The van der Waals surface area contributed by atoms with Crippen LogP contribution in [0.15, 0.2) is 35.2 Å². The standard InChI is InChI=1S/C17H18N2O2S2/c1-10-8-12(3)16(13(4)9-10)23(20,21)19-17-18-15-11(2)6-5-7-14(15)22-17/h5-9H,1-4H3,(H,18,19). The van der Waals surface area contributed by atoms with Crippen molar-refractivity contribution in [3.63, 3.8) is 0 Å². The molecule has 0 saturated carbocycles. The molecule has 1 N–H and O–H groups in total. The fourth-order valence-electron chi connectivity index (χ4n) is 2.89. The van der Waals surface area contributed by atoms with Gasteiger partial charge < -0.3 is 0 Å². The van der Waals surface area contributed by atoms with E-state index in [4.69, 9.17) is 0 Å². The fourth-order valence-corrected chi connectivity index (χ4v) is 5.52. The zero-order chi connectivity index (χ0) is 16.8. The van der Waals surface area contributed by atoms with E-state index in [2.05, 4.69) is 9.71 Å². The molecule has 0 aliphatic heterocycles. The van der Waals surface area contributed by atoms with Gasteiger partial charge in [0.1, 0.15) is 0 Å². The Kier molecular flexibility index (Phi) is 3.90. The van der Waals surface area contributed by atoms with Crippen LogP contribution >= 0.6 is 11.3 Å². The lowest BCUT2D eigenvalue weighted by molar-refractivity contribution is 0.600. The molecule has 120 valence electrons. The van der Waals surface area contributed by atoms with E-state index in [9.17, 15) is 8.42 Å². The van der Waals surface area contributed by atoms with Gasteiger partial charge in [0.05, 0.1) is 15.1 Å². The number of hydrogen-bond donors (Lipinski definition) is 1. The molecule has 0 saturated heterocycles. The van der Waals surface area contributed by atoms with E-state index in [-0.39, 0.29) is 0 Å². The molecule has 0 radical (unpaired) electrons. The molecular formula is C17H18N2O2S2. The monoisotopic (exact) mass is 346 g/mol. The van der Waals surface area contributed by atoms with Gasteiger partial charge in [-0.25, -0.2) is 13.4 Å². The van der Waals surface area contributed by atoms with Crippen molar-refractivity contribution in [3.05, 3.63) is 52.6 Å². The number of fused-ring (bicyclic) bond motifs is 1. The third-order valence-electron chi connectivity index (χ3n) is 3.72. The van der Waals surface area contributed by atoms with E-state index < -0.39 is 10.0 Å². The molecule has 4 nitrogen and oxygen atoms in total. The largest absolute Gasteiger partial charge is 0.264 e. The van der Waals surface area contributed by atoms with Crippen molar-refractivity contribution in [1.29, 1.82) is 0 Å². The molecule has 0 bridgehead atoms. The van der Waals surface area contributed by atoms with Crippen molar-refractivity contribution in [2.45, 2.75) is 32.6 Å². The Bertz CT molecular complexity index is 982. The molecule has 0 atom stereocenters. The molecule has 2 aromatic carbocycles. The smallest absolute Gasteiger partial charge is 0.255 e. The van der Waals surface area contributed by atoms with Crippen LogP contribution in [0.4, 0.5) is 5.13 Å². The number of sulfonamides is 1. The van der Waals surface area contributed by atoms with Crippen LogP contribution < -0.4 is 4.72 Å². The number of aryl methyl sites for hydroxylation is 4. The van der Waals surface area contributed by atoms with Crippen LogP contribution in [0.3, 0.4) is 0 Å². The van der Waals surface area contributed by atoms with E-state index in [1.807, 2.05) is 58.0 Å². The molecule has 6 heteroatoms. The molecule has 23 heavy (non-hydrogen) atoms. The van der Waals surface area contributed by atoms with Gasteiger partial charge in [-0.05, 0) is 50.5 Å². The Morgan fingerprint density at radius 3 is 2.26 bits per heavy atom. The van der Waals surface area contributed by atoms with E-state index in [1.165, 1.54) is 11.3 Å². The van der Waals surface area contributed by atoms with Crippen molar-refractivity contribution >= 4 is 36.7 Å². The van der Waals surface area contributed by atoms with E-state index >= 15 is 0 Å². The van der Waals surface area contributed by atoms with Gasteiger partial charge in [0, 0.05) is 0 Å². The number of nitrogens with zero attached hydrogens (tertiary/aromatic N) is 1. The number of rotatable bonds is 3. The summed E-state index contributed by atoms with van der Waals surface area (Å²) in [7, 11) is -3.65. The van der Waals surface area contributed by atoms with Gasteiger partial charge >= 0.3 is 0 Å². The van der Waals surface area contributed by atoms with E-state index in [0.717, 1.165) is 32.5 Å². The van der Waals surface area contributed by atoms with Gasteiger partial charge in [0.15, 0.2) is 5.13 Å². The zero-order valence-corrected chi connectivity index (χ0v) is 15.1. The summed E-state index contributed by atoms with van der Waals surface area (Å²) in [6.45, 7) is 7.56. The Morgan fingerprint density at radius 1 is 1.00 bits per heavy atom. The average molecular weight is 346 g/mol. The summed E-state index contributed by atoms with van der Waals surface area (Å²) in [6, 6.07) is 9.62. The van der Waals surface area contributed by atoms with Crippen LogP contribution in [0.1, 0.15) is 22.3 Å². The lowest BCUT2D eigenvalue weighted by atomic mass is 10.1. The number of thiazole rings is 1. The maximum Gasteiger partial charge on any atom is 0.264 e. The minimum atomic E-state index is -3.65. The Labute approximate surface area is 140 Å². The SMILES string of the molecule is Cc1cc(C)c(S(=O)(=O)Nc2nc3c(C)cccc3s2)c(C)c1. The van der Waals surface area contributed by atoms with Crippen molar-refractivity contribution in [3.8, 4) is 0 Å². The molecule has 3 rings (SSSR count). The van der Waals surface area contributed by atoms with Gasteiger partial charge in [0.2, 0.25) is 0 Å².